The minimum atomic E-state index is -4.55. The van der Waals surface area contributed by atoms with Gasteiger partial charge in [-0.05, 0) is 24.3 Å². The van der Waals surface area contributed by atoms with Crippen molar-refractivity contribution in [2.45, 2.75) is 12.7 Å². The number of aromatic nitrogens is 3. The summed E-state index contributed by atoms with van der Waals surface area (Å²) in [4.78, 5) is 22.3. The van der Waals surface area contributed by atoms with Crippen LogP contribution in [0.3, 0.4) is 0 Å². The Kier molecular flexibility index (Phi) is 4.85. The van der Waals surface area contributed by atoms with Crippen LogP contribution in [0, 0.1) is 0 Å². The molecule has 0 fully saturated rings. The number of nitrogens with zero attached hydrogens (tertiary/aromatic N) is 5. The van der Waals surface area contributed by atoms with Crippen LogP contribution in [-0.4, -0.2) is 45.4 Å². The highest BCUT2D eigenvalue weighted by atomic mass is 35.5. The van der Waals surface area contributed by atoms with Crippen molar-refractivity contribution in [3.63, 3.8) is 0 Å². The third-order valence-electron chi connectivity index (χ3n) is 4.58. The largest absolute Gasteiger partial charge is 0.417 e. The number of hydrogen-bond acceptors (Lipinski definition) is 4. The Morgan fingerprint density at radius 3 is 2.57 bits per heavy atom. The average Bonchev–Trinajstić information content (AvgIpc) is 3.05. The van der Waals surface area contributed by atoms with Crippen LogP contribution in [0.15, 0.2) is 47.5 Å². The molecule has 1 aromatic heterocycles. The van der Waals surface area contributed by atoms with Gasteiger partial charge in [0.25, 0.3) is 5.91 Å². The van der Waals surface area contributed by atoms with Gasteiger partial charge in [0.15, 0.2) is 5.82 Å². The lowest BCUT2D eigenvalue weighted by molar-refractivity contribution is -0.137. The lowest BCUT2D eigenvalue weighted by Crippen LogP contribution is -2.23. The van der Waals surface area contributed by atoms with E-state index in [1.807, 2.05) is 0 Å². The van der Waals surface area contributed by atoms with Crippen molar-refractivity contribution in [2.75, 3.05) is 14.1 Å². The molecule has 0 radical (unpaired) electrons. The standard InChI is InChI=1S/C20H15ClF3N5O/c1-28(2)19(30)18-26-16-10-25-17(12-5-3-4-6-14(12)20(22,23)24)13-9-11(21)7-8-15(13)29(16)27-18/h3-9H,10H2,1-2H3. The molecule has 154 valence electrons. The fourth-order valence-corrected chi connectivity index (χ4v) is 3.39. The molecule has 0 N–H and O–H groups in total. The number of aliphatic imine (C=N–C) groups is 1. The Labute approximate surface area is 174 Å². The topological polar surface area (TPSA) is 63.4 Å². The highest BCUT2D eigenvalue weighted by Crippen LogP contribution is 2.35. The maximum Gasteiger partial charge on any atom is 0.417 e. The molecule has 0 aliphatic carbocycles. The van der Waals surface area contributed by atoms with E-state index in [1.54, 1.807) is 26.2 Å². The number of halogens is 4. The van der Waals surface area contributed by atoms with Crippen molar-refractivity contribution in [1.29, 1.82) is 0 Å². The zero-order valence-electron chi connectivity index (χ0n) is 15.9. The second-order valence-electron chi connectivity index (χ2n) is 6.83. The number of benzene rings is 2. The molecule has 10 heteroatoms. The van der Waals surface area contributed by atoms with Gasteiger partial charge in [-0.25, -0.2) is 9.67 Å². The molecule has 1 amide bonds. The summed E-state index contributed by atoms with van der Waals surface area (Å²) < 4.78 is 42.3. The molecule has 2 heterocycles. The molecule has 2 aromatic carbocycles. The Bertz CT molecular complexity index is 1180. The summed E-state index contributed by atoms with van der Waals surface area (Å²) in [5, 5.41) is 4.61. The van der Waals surface area contributed by atoms with Crippen LogP contribution in [0.5, 0.6) is 0 Å². The zero-order chi connectivity index (χ0) is 21.6. The first-order chi connectivity index (χ1) is 14.2. The lowest BCUT2D eigenvalue weighted by atomic mass is 9.96. The van der Waals surface area contributed by atoms with E-state index in [0.717, 1.165) is 6.07 Å². The maximum atomic E-state index is 13.6. The number of rotatable bonds is 2. The van der Waals surface area contributed by atoms with Gasteiger partial charge in [0, 0.05) is 30.2 Å². The summed E-state index contributed by atoms with van der Waals surface area (Å²) in [6.07, 6.45) is -4.55. The van der Waals surface area contributed by atoms with E-state index >= 15 is 0 Å². The van der Waals surface area contributed by atoms with Gasteiger partial charge in [-0.1, -0.05) is 29.8 Å². The van der Waals surface area contributed by atoms with Crippen LogP contribution in [0.1, 0.15) is 33.1 Å². The van der Waals surface area contributed by atoms with Crippen LogP contribution < -0.4 is 0 Å². The maximum absolute atomic E-state index is 13.6. The van der Waals surface area contributed by atoms with Gasteiger partial charge in [-0.3, -0.25) is 9.79 Å². The molecule has 0 unspecified atom stereocenters. The quantitative estimate of drug-likeness (QED) is 0.614. The molecule has 1 aliphatic heterocycles. The van der Waals surface area contributed by atoms with Gasteiger partial charge in [0.2, 0.25) is 5.82 Å². The van der Waals surface area contributed by atoms with E-state index in [9.17, 15) is 18.0 Å². The first-order valence-corrected chi connectivity index (χ1v) is 9.23. The highest BCUT2D eigenvalue weighted by Gasteiger charge is 2.35. The zero-order valence-corrected chi connectivity index (χ0v) is 16.7. The van der Waals surface area contributed by atoms with Crippen molar-refractivity contribution in [1.82, 2.24) is 19.7 Å². The Morgan fingerprint density at radius 1 is 1.13 bits per heavy atom. The number of fused-ring (bicyclic) bond motifs is 3. The van der Waals surface area contributed by atoms with Gasteiger partial charge in [-0.2, -0.15) is 13.2 Å². The van der Waals surface area contributed by atoms with E-state index in [1.165, 1.54) is 33.8 Å². The molecule has 0 atom stereocenters. The molecule has 3 aromatic rings. The first-order valence-electron chi connectivity index (χ1n) is 8.85. The van der Waals surface area contributed by atoms with Crippen molar-refractivity contribution < 1.29 is 18.0 Å². The molecule has 6 nitrogen and oxygen atoms in total. The highest BCUT2D eigenvalue weighted by molar-refractivity contribution is 6.31. The molecular formula is C20H15ClF3N5O. The van der Waals surface area contributed by atoms with Crippen LogP contribution >= 0.6 is 11.6 Å². The Hall–Kier alpha value is -3.20. The van der Waals surface area contributed by atoms with Gasteiger partial charge < -0.3 is 4.90 Å². The van der Waals surface area contributed by atoms with E-state index in [0.29, 0.717) is 22.1 Å². The van der Waals surface area contributed by atoms with E-state index < -0.39 is 17.6 Å². The molecule has 0 saturated heterocycles. The van der Waals surface area contributed by atoms with Gasteiger partial charge >= 0.3 is 6.18 Å². The number of carbonyl (C=O) groups excluding carboxylic acids is 1. The molecule has 1 aliphatic rings. The van der Waals surface area contributed by atoms with Crippen LogP contribution in [0.4, 0.5) is 13.2 Å². The smallest absolute Gasteiger partial charge is 0.342 e. The number of hydrogen-bond donors (Lipinski definition) is 0. The van der Waals surface area contributed by atoms with Gasteiger partial charge in [-0.15, -0.1) is 5.10 Å². The number of amides is 1. The van der Waals surface area contributed by atoms with Crippen molar-refractivity contribution in [2.24, 2.45) is 4.99 Å². The second kappa shape index (κ2) is 7.24. The third kappa shape index (κ3) is 3.45. The minimum absolute atomic E-state index is 0.0229. The predicted molar refractivity (Wildman–Crippen MR) is 105 cm³/mol. The van der Waals surface area contributed by atoms with Crippen LogP contribution in [0.2, 0.25) is 5.02 Å². The third-order valence-corrected chi connectivity index (χ3v) is 4.81. The van der Waals surface area contributed by atoms with E-state index in [2.05, 4.69) is 15.1 Å². The lowest BCUT2D eigenvalue weighted by Gasteiger charge is -2.16. The summed E-state index contributed by atoms with van der Waals surface area (Å²) in [6, 6.07) is 9.98. The summed E-state index contributed by atoms with van der Waals surface area (Å²) in [6.45, 7) is -0.0540. The summed E-state index contributed by atoms with van der Waals surface area (Å²) in [7, 11) is 3.15. The summed E-state index contributed by atoms with van der Waals surface area (Å²) in [5.74, 6) is -0.0776. The van der Waals surface area contributed by atoms with Crippen molar-refractivity contribution in [3.8, 4) is 5.69 Å². The Balaban J connectivity index is 1.94. The van der Waals surface area contributed by atoms with Crippen LogP contribution in [-0.2, 0) is 12.7 Å². The summed E-state index contributed by atoms with van der Waals surface area (Å²) >= 11 is 6.15. The van der Waals surface area contributed by atoms with Crippen LogP contribution in [0.25, 0.3) is 5.69 Å². The number of alkyl halides is 3. The predicted octanol–water partition coefficient (Wildman–Crippen LogP) is 3.99. The van der Waals surface area contributed by atoms with Gasteiger partial charge in [0.05, 0.1) is 23.5 Å². The molecule has 30 heavy (non-hydrogen) atoms. The summed E-state index contributed by atoms with van der Waals surface area (Å²) in [5.41, 5.74) is 0.0716. The second-order valence-corrected chi connectivity index (χ2v) is 7.27. The molecule has 4 rings (SSSR count). The SMILES string of the molecule is CN(C)C(=O)c1nc2n(n1)-c1ccc(Cl)cc1C(c1ccccc1C(F)(F)F)=NC2. The first kappa shape index (κ1) is 20.1. The molecule has 0 saturated carbocycles. The number of carbonyl (C=O) groups is 1. The van der Waals surface area contributed by atoms with Crippen molar-refractivity contribution in [3.05, 3.63) is 75.8 Å². The minimum Gasteiger partial charge on any atom is -0.342 e. The molecule has 0 bridgehead atoms. The fraction of sp³-hybridized carbons (Fsp3) is 0.200. The average molecular weight is 434 g/mol. The van der Waals surface area contributed by atoms with E-state index in [4.69, 9.17) is 11.6 Å². The van der Waals surface area contributed by atoms with Crippen molar-refractivity contribution >= 4 is 23.2 Å². The fourth-order valence-electron chi connectivity index (χ4n) is 3.21. The van der Waals surface area contributed by atoms with E-state index in [-0.39, 0.29) is 23.6 Å². The monoisotopic (exact) mass is 433 g/mol. The molecule has 0 spiro atoms. The molecular weight excluding hydrogens is 419 g/mol. The normalized spacial score (nSPS) is 13.2. The van der Waals surface area contributed by atoms with Gasteiger partial charge in [0.1, 0.15) is 0 Å². The Morgan fingerprint density at radius 2 is 1.87 bits per heavy atom.